The van der Waals surface area contributed by atoms with Crippen LogP contribution in [0.2, 0.25) is 0 Å². The molecule has 0 spiro atoms. The molecule has 1 N–H and O–H groups in total. The molecular weight excluding hydrogens is 739 g/mol. The number of alkyl halides is 8. The summed E-state index contributed by atoms with van der Waals surface area (Å²) in [5, 5.41) is 9.91. The van der Waals surface area contributed by atoms with Crippen molar-refractivity contribution in [3.63, 3.8) is 0 Å². The second-order valence-electron chi connectivity index (χ2n) is 12.7. The maximum absolute atomic E-state index is 14.9. The highest BCUT2D eigenvalue weighted by molar-refractivity contribution is 6.58. The molecule has 266 valence electrons. The first kappa shape index (κ1) is 34.9. The van der Waals surface area contributed by atoms with E-state index < -0.39 is 110 Å². The summed E-state index contributed by atoms with van der Waals surface area (Å²) in [4.78, 5) is 52.3. The van der Waals surface area contributed by atoms with Gasteiger partial charge in [-0.25, -0.2) is 18.6 Å². The number of carbonyl (C=O) groups excluding carboxylic acids is 4. The predicted molar refractivity (Wildman–Crippen MR) is 164 cm³/mol. The molecule has 1 saturated carbocycles. The summed E-state index contributed by atoms with van der Waals surface area (Å²) in [6, 6.07) is 7.38. The van der Waals surface area contributed by atoms with E-state index in [1.165, 1.54) is 12.1 Å². The lowest BCUT2D eigenvalue weighted by Crippen LogP contribution is -2.60. The summed E-state index contributed by atoms with van der Waals surface area (Å²) in [5.74, 6) is -12.9. The van der Waals surface area contributed by atoms with Crippen LogP contribution in [0.1, 0.15) is 35.4 Å². The molecule has 2 aliphatic heterocycles. The minimum absolute atomic E-state index is 0.0943. The fraction of sp³-hybridized carbons (Fsp3) is 0.294. The zero-order valence-corrected chi connectivity index (χ0v) is 26.8. The summed E-state index contributed by atoms with van der Waals surface area (Å²) in [6.45, 7) is 0. The first-order chi connectivity index (χ1) is 23.7. The van der Waals surface area contributed by atoms with Crippen LogP contribution in [0.4, 0.5) is 46.5 Å². The Kier molecular flexibility index (Phi) is 7.70. The molecule has 6 atom stereocenters. The smallest absolute Gasteiger partial charge is 0.416 e. The number of anilines is 2. The minimum atomic E-state index is -5.29. The summed E-state index contributed by atoms with van der Waals surface area (Å²) in [5.41, 5.74) is -4.64. The quantitative estimate of drug-likeness (QED) is 0.130. The molecule has 2 heterocycles. The monoisotopic (exact) mass is 758 g/mol. The Hall–Kier alpha value is -4.50. The van der Waals surface area contributed by atoms with Crippen molar-refractivity contribution < 1.29 is 59.4 Å². The molecule has 17 heteroatoms. The highest BCUT2D eigenvalue weighted by Crippen LogP contribution is 2.66. The number of phenols is 1. The van der Waals surface area contributed by atoms with Gasteiger partial charge in [0.1, 0.15) is 5.82 Å². The maximum Gasteiger partial charge on any atom is 0.416 e. The largest absolute Gasteiger partial charge is 0.505 e. The lowest BCUT2D eigenvalue weighted by Gasteiger charge is -2.50. The van der Waals surface area contributed by atoms with Gasteiger partial charge in [0.15, 0.2) is 21.3 Å². The molecule has 7 rings (SSSR count). The molecule has 51 heavy (non-hydrogen) atoms. The van der Waals surface area contributed by atoms with Crippen LogP contribution in [0.25, 0.3) is 0 Å². The molecule has 3 aromatic rings. The van der Waals surface area contributed by atoms with Gasteiger partial charge in [-0.15, -0.1) is 23.2 Å². The van der Waals surface area contributed by atoms with Crippen LogP contribution >= 0.6 is 23.2 Å². The predicted octanol–water partition coefficient (Wildman–Crippen LogP) is 7.48. The first-order valence-corrected chi connectivity index (χ1v) is 15.8. The van der Waals surface area contributed by atoms with E-state index in [2.05, 4.69) is 0 Å². The molecular formula is C34H20Cl2F8N2O5. The SMILES string of the molecule is O=C1C2CC=C3C(CC4(Cl)C(=O)N(c5ccc(F)cc5)C(=O)C4(Cl)C3c3ccc(O)c(F)c3)C2C(=O)N1c1cc(C(F)(F)F)cc(C(F)(F)F)c1. The Labute approximate surface area is 292 Å². The van der Waals surface area contributed by atoms with Crippen LogP contribution in [-0.4, -0.2) is 38.5 Å². The third-order valence-corrected chi connectivity index (χ3v) is 11.4. The number of allylic oxidation sites excluding steroid dienone is 2. The van der Waals surface area contributed by atoms with E-state index in [4.69, 9.17) is 23.2 Å². The average Bonchev–Trinajstić information content (AvgIpc) is 3.39. The molecule has 0 aromatic heterocycles. The molecule has 3 fully saturated rings. The van der Waals surface area contributed by atoms with E-state index in [9.17, 15) is 59.4 Å². The van der Waals surface area contributed by atoms with Gasteiger partial charge in [-0.05, 0) is 78.9 Å². The first-order valence-electron chi connectivity index (χ1n) is 15.1. The zero-order valence-electron chi connectivity index (χ0n) is 25.3. The van der Waals surface area contributed by atoms with Gasteiger partial charge in [0.25, 0.3) is 11.8 Å². The minimum Gasteiger partial charge on any atom is -0.505 e. The Balaban J connectivity index is 1.38. The molecule has 3 aromatic carbocycles. The second-order valence-corrected chi connectivity index (χ2v) is 14.0. The van der Waals surface area contributed by atoms with Crippen LogP contribution in [-0.2, 0) is 31.5 Å². The highest BCUT2D eigenvalue weighted by atomic mass is 35.5. The number of amides is 4. The van der Waals surface area contributed by atoms with Crippen molar-refractivity contribution in [2.75, 3.05) is 9.80 Å². The Bertz CT molecular complexity index is 2060. The molecule has 0 radical (unpaired) electrons. The molecule has 2 saturated heterocycles. The van der Waals surface area contributed by atoms with Crippen LogP contribution in [0.5, 0.6) is 5.75 Å². The van der Waals surface area contributed by atoms with E-state index in [1.807, 2.05) is 0 Å². The van der Waals surface area contributed by atoms with Gasteiger partial charge in [0, 0.05) is 5.92 Å². The Morgan fingerprint density at radius 2 is 1.33 bits per heavy atom. The number of hydrogen-bond acceptors (Lipinski definition) is 5. The van der Waals surface area contributed by atoms with Crippen LogP contribution < -0.4 is 9.80 Å². The average molecular weight is 759 g/mol. The number of carbonyl (C=O) groups is 4. The second kappa shape index (κ2) is 11.2. The normalized spacial score (nSPS) is 29.3. The van der Waals surface area contributed by atoms with Gasteiger partial charge in [-0.1, -0.05) is 17.7 Å². The van der Waals surface area contributed by atoms with Gasteiger partial charge in [-0.3, -0.25) is 19.2 Å². The van der Waals surface area contributed by atoms with Crippen molar-refractivity contribution in [1.29, 1.82) is 0 Å². The van der Waals surface area contributed by atoms with Crippen molar-refractivity contribution in [2.45, 2.75) is 40.9 Å². The lowest BCUT2D eigenvalue weighted by molar-refractivity contribution is -0.143. The van der Waals surface area contributed by atoms with Crippen molar-refractivity contribution in [1.82, 2.24) is 0 Å². The number of fused-ring (bicyclic) bond motifs is 4. The van der Waals surface area contributed by atoms with Crippen LogP contribution in [0, 0.1) is 29.4 Å². The lowest BCUT2D eigenvalue weighted by atomic mass is 9.56. The van der Waals surface area contributed by atoms with Gasteiger partial charge >= 0.3 is 12.4 Å². The molecule has 4 amide bonds. The van der Waals surface area contributed by atoms with Gasteiger partial charge in [-0.2, -0.15) is 26.3 Å². The standard InChI is InChI=1S/C34H20Cl2F8N2O5/c35-31-13-22-20(6-7-21-25(22)28(49)45(27(21)48)19-11-15(33(39,40)41)10-16(12-19)34(42,43)44)26(14-1-8-24(47)23(38)9-14)32(31,36)30(51)46(29(31)50)18-4-2-17(37)3-5-18/h1-6,8-12,21-22,25-26,47H,7,13H2. The molecule has 6 unspecified atom stereocenters. The van der Waals surface area contributed by atoms with Crippen LogP contribution in [0.15, 0.2) is 72.3 Å². The van der Waals surface area contributed by atoms with Crippen LogP contribution in [0.3, 0.4) is 0 Å². The Morgan fingerprint density at radius 1 is 0.725 bits per heavy atom. The number of rotatable bonds is 3. The fourth-order valence-electron chi connectivity index (χ4n) is 7.80. The van der Waals surface area contributed by atoms with E-state index in [-0.39, 0.29) is 46.3 Å². The van der Waals surface area contributed by atoms with Crippen molar-refractivity contribution in [2.24, 2.45) is 17.8 Å². The highest BCUT2D eigenvalue weighted by Gasteiger charge is 2.76. The molecule has 2 aliphatic carbocycles. The zero-order chi connectivity index (χ0) is 37.2. The summed E-state index contributed by atoms with van der Waals surface area (Å²) >= 11 is 14.3. The van der Waals surface area contributed by atoms with Gasteiger partial charge in [0.2, 0.25) is 11.8 Å². The van der Waals surface area contributed by atoms with E-state index in [0.717, 1.165) is 36.4 Å². The number of phenolic OH excluding ortho intramolecular Hbond substituents is 1. The maximum atomic E-state index is 14.9. The van der Waals surface area contributed by atoms with Crippen molar-refractivity contribution in [3.05, 3.63) is 101 Å². The summed E-state index contributed by atoms with van der Waals surface area (Å²) in [6.07, 6.45) is -10.1. The molecule has 0 bridgehead atoms. The van der Waals surface area contributed by atoms with E-state index in [1.54, 1.807) is 0 Å². The third kappa shape index (κ3) is 4.98. The van der Waals surface area contributed by atoms with Gasteiger partial charge < -0.3 is 5.11 Å². The van der Waals surface area contributed by atoms with E-state index >= 15 is 0 Å². The van der Waals surface area contributed by atoms with Crippen molar-refractivity contribution in [3.8, 4) is 5.75 Å². The van der Waals surface area contributed by atoms with E-state index in [0.29, 0.717) is 4.90 Å². The number of halogens is 10. The summed E-state index contributed by atoms with van der Waals surface area (Å²) < 4.78 is 111. The fourth-order valence-corrected chi connectivity index (χ4v) is 8.73. The topological polar surface area (TPSA) is 95.0 Å². The van der Waals surface area contributed by atoms with Crippen molar-refractivity contribution >= 4 is 58.2 Å². The number of benzene rings is 3. The third-order valence-electron chi connectivity index (χ3n) is 10.0. The Morgan fingerprint density at radius 3 is 1.90 bits per heavy atom. The number of aromatic hydroxyl groups is 1. The number of hydrogen-bond donors (Lipinski definition) is 1. The van der Waals surface area contributed by atoms with Gasteiger partial charge in [0.05, 0.1) is 34.3 Å². The number of nitrogens with zero attached hydrogens (tertiary/aromatic N) is 2. The molecule has 4 aliphatic rings. The number of imide groups is 2. The summed E-state index contributed by atoms with van der Waals surface area (Å²) in [7, 11) is 0. The molecule has 7 nitrogen and oxygen atoms in total.